The van der Waals surface area contributed by atoms with Crippen LogP contribution < -0.4 is 10.3 Å². The first-order valence-electron chi connectivity index (χ1n) is 7.89. The topological polar surface area (TPSA) is 93.9 Å². The van der Waals surface area contributed by atoms with Gasteiger partial charge in [-0.05, 0) is 30.5 Å². The van der Waals surface area contributed by atoms with E-state index < -0.39 is 0 Å². The lowest BCUT2D eigenvalue weighted by Gasteiger charge is -2.06. The molecule has 3 heterocycles. The first-order valence-corrected chi connectivity index (χ1v) is 9.76. The van der Waals surface area contributed by atoms with Gasteiger partial charge in [0.2, 0.25) is 0 Å². The molecule has 9 heteroatoms. The second-order valence-corrected chi connectivity index (χ2v) is 7.08. The third kappa shape index (κ3) is 3.35. The molecule has 132 valence electrons. The maximum atomic E-state index is 12.0. The Balaban J connectivity index is 1.52. The van der Waals surface area contributed by atoms with Crippen molar-refractivity contribution in [1.29, 1.82) is 0 Å². The van der Waals surface area contributed by atoms with Crippen molar-refractivity contribution < 1.29 is 9.15 Å². The van der Waals surface area contributed by atoms with Crippen molar-refractivity contribution in [3.8, 4) is 17.2 Å². The highest BCUT2D eigenvalue weighted by Gasteiger charge is 2.14. The van der Waals surface area contributed by atoms with Crippen LogP contribution in [0, 0.1) is 0 Å². The van der Waals surface area contributed by atoms with E-state index in [0.29, 0.717) is 45.3 Å². The molecule has 1 aromatic carbocycles. The van der Waals surface area contributed by atoms with Gasteiger partial charge >= 0.3 is 0 Å². The molecule has 7 nitrogen and oxygen atoms in total. The SMILES string of the molecule is CCOc1ccccc1-c1nnc(SCc2nc3ccsc3c(=O)[nH]2)o1. The molecule has 0 saturated carbocycles. The summed E-state index contributed by atoms with van der Waals surface area (Å²) in [5.74, 6) is 2.09. The monoisotopic (exact) mass is 386 g/mol. The molecule has 0 fully saturated rings. The smallest absolute Gasteiger partial charge is 0.277 e. The molecule has 0 aliphatic heterocycles. The fourth-order valence-electron chi connectivity index (χ4n) is 2.42. The van der Waals surface area contributed by atoms with Crippen molar-refractivity contribution in [2.75, 3.05) is 6.61 Å². The first-order chi connectivity index (χ1) is 12.7. The summed E-state index contributed by atoms with van der Waals surface area (Å²) in [5.41, 5.74) is 1.32. The van der Waals surface area contributed by atoms with Crippen molar-refractivity contribution >= 4 is 33.3 Å². The van der Waals surface area contributed by atoms with Crippen LogP contribution in [0.3, 0.4) is 0 Å². The van der Waals surface area contributed by atoms with Crippen LogP contribution in [0.5, 0.6) is 5.75 Å². The number of nitrogens with one attached hydrogen (secondary N) is 1. The molecule has 3 aromatic heterocycles. The van der Waals surface area contributed by atoms with Crippen LogP contribution in [0.1, 0.15) is 12.7 Å². The number of H-pyrrole nitrogens is 1. The Morgan fingerprint density at radius 1 is 1.27 bits per heavy atom. The zero-order chi connectivity index (χ0) is 17.9. The molecule has 4 aromatic rings. The van der Waals surface area contributed by atoms with Crippen molar-refractivity contribution in [1.82, 2.24) is 20.2 Å². The van der Waals surface area contributed by atoms with Crippen molar-refractivity contribution in [2.45, 2.75) is 17.9 Å². The van der Waals surface area contributed by atoms with Gasteiger partial charge in [-0.15, -0.1) is 21.5 Å². The summed E-state index contributed by atoms with van der Waals surface area (Å²) in [6.07, 6.45) is 0. The number of rotatable bonds is 6. The number of ether oxygens (including phenoxy) is 1. The van der Waals surface area contributed by atoms with Gasteiger partial charge in [0.1, 0.15) is 16.3 Å². The van der Waals surface area contributed by atoms with Gasteiger partial charge in [0.25, 0.3) is 16.7 Å². The summed E-state index contributed by atoms with van der Waals surface area (Å²) < 4.78 is 11.9. The molecule has 0 saturated heterocycles. The quantitative estimate of drug-likeness (QED) is 0.505. The van der Waals surface area contributed by atoms with Crippen molar-refractivity contribution in [2.24, 2.45) is 0 Å². The number of benzene rings is 1. The number of thioether (sulfide) groups is 1. The highest BCUT2D eigenvalue weighted by molar-refractivity contribution is 7.98. The molecule has 0 aliphatic carbocycles. The second-order valence-electron chi connectivity index (χ2n) is 5.24. The van der Waals surface area contributed by atoms with E-state index in [1.807, 2.05) is 42.6 Å². The summed E-state index contributed by atoms with van der Waals surface area (Å²) in [4.78, 5) is 19.2. The Labute approximate surface area is 156 Å². The van der Waals surface area contributed by atoms with E-state index in [2.05, 4.69) is 20.2 Å². The summed E-state index contributed by atoms with van der Waals surface area (Å²) in [6.45, 7) is 2.47. The predicted molar refractivity (Wildman–Crippen MR) is 101 cm³/mol. The number of hydrogen-bond donors (Lipinski definition) is 1. The molecule has 0 unspecified atom stereocenters. The number of nitrogens with zero attached hydrogens (tertiary/aromatic N) is 3. The number of thiophene rings is 1. The minimum absolute atomic E-state index is 0.127. The second kappa shape index (κ2) is 7.30. The number of fused-ring (bicyclic) bond motifs is 1. The molecule has 26 heavy (non-hydrogen) atoms. The molecule has 0 amide bonds. The predicted octanol–water partition coefficient (Wildman–Crippen LogP) is 3.73. The van der Waals surface area contributed by atoms with E-state index in [1.165, 1.54) is 23.1 Å². The van der Waals surface area contributed by atoms with E-state index in [1.54, 1.807) is 0 Å². The first kappa shape index (κ1) is 16.8. The lowest BCUT2D eigenvalue weighted by Crippen LogP contribution is -2.09. The Bertz CT molecular complexity index is 1100. The van der Waals surface area contributed by atoms with E-state index >= 15 is 0 Å². The summed E-state index contributed by atoms with van der Waals surface area (Å²) in [5, 5.41) is 10.4. The van der Waals surface area contributed by atoms with Gasteiger partial charge in [-0.3, -0.25) is 4.79 Å². The maximum absolute atomic E-state index is 12.0. The van der Waals surface area contributed by atoms with Gasteiger partial charge in [0, 0.05) is 0 Å². The van der Waals surface area contributed by atoms with Crippen LogP contribution in [0.25, 0.3) is 21.7 Å². The number of hydrogen-bond acceptors (Lipinski definition) is 8. The fraction of sp³-hybridized carbons (Fsp3) is 0.176. The molecule has 0 radical (unpaired) electrons. The lowest BCUT2D eigenvalue weighted by molar-refractivity contribution is 0.340. The number of aromatic amines is 1. The van der Waals surface area contributed by atoms with Crippen LogP contribution in [0.2, 0.25) is 0 Å². The molecule has 1 N–H and O–H groups in total. The van der Waals surface area contributed by atoms with E-state index in [0.717, 1.165) is 5.56 Å². The maximum Gasteiger partial charge on any atom is 0.277 e. The van der Waals surface area contributed by atoms with Gasteiger partial charge in [-0.1, -0.05) is 23.9 Å². The summed E-state index contributed by atoms with van der Waals surface area (Å²) in [7, 11) is 0. The highest BCUT2D eigenvalue weighted by Crippen LogP contribution is 2.31. The zero-order valence-electron chi connectivity index (χ0n) is 13.8. The fourth-order valence-corrected chi connectivity index (χ4v) is 3.78. The molecule has 0 bridgehead atoms. The molecular formula is C17H14N4O3S2. The van der Waals surface area contributed by atoms with Crippen LogP contribution >= 0.6 is 23.1 Å². The van der Waals surface area contributed by atoms with Crippen LogP contribution in [0.15, 0.2) is 50.1 Å². The number of aromatic nitrogens is 4. The van der Waals surface area contributed by atoms with Gasteiger partial charge in [-0.25, -0.2) is 4.98 Å². The van der Waals surface area contributed by atoms with Crippen molar-refractivity contribution in [3.05, 3.63) is 51.9 Å². The Kier molecular flexibility index (Phi) is 4.72. The lowest BCUT2D eigenvalue weighted by atomic mass is 10.2. The molecule has 4 rings (SSSR count). The van der Waals surface area contributed by atoms with Crippen LogP contribution in [0.4, 0.5) is 0 Å². The van der Waals surface area contributed by atoms with Gasteiger partial charge in [0.05, 0.1) is 23.4 Å². The molecule has 0 aliphatic rings. The summed E-state index contributed by atoms with van der Waals surface area (Å²) in [6, 6.07) is 9.35. The van der Waals surface area contributed by atoms with Crippen LogP contribution in [-0.2, 0) is 5.75 Å². The molecular weight excluding hydrogens is 372 g/mol. The molecule has 0 atom stereocenters. The van der Waals surface area contributed by atoms with E-state index in [-0.39, 0.29) is 5.56 Å². The zero-order valence-corrected chi connectivity index (χ0v) is 15.4. The third-order valence-electron chi connectivity index (χ3n) is 3.52. The normalized spacial score (nSPS) is 11.1. The number of para-hydroxylation sites is 1. The average molecular weight is 386 g/mol. The largest absolute Gasteiger partial charge is 0.493 e. The van der Waals surface area contributed by atoms with Crippen molar-refractivity contribution in [3.63, 3.8) is 0 Å². The average Bonchev–Trinajstić information content (AvgIpc) is 3.30. The molecule has 0 spiro atoms. The third-order valence-corrected chi connectivity index (χ3v) is 5.25. The van der Waals surface area contributed by atoms with Gasteiger partial charge in [0.15, 0.2) is 0 Å². The summed E-state index contributed by atoms with van der Waals surface area (Å²) >= 11 is 2.70. The van der Waals surface area contributed by atoms with E-state index in [4.69, 9.17) is 9.15 Å². The van der Waals surface area contributed by atoms with Gasteiger partial charge < -0.3 is 14.1 Å². The standard InChI is InChI=1S/C17H14N4O3S2/c1-2-23-12-6-4-3-5-10(12)16-20-21-17(24-16)26-9-13-18-11-7-8-25-14(11)15(22)19-13/h3-8H,2,9H2,1H3,(H,18,19,22). The highest BCUT2D eigenvalue weighted by atomic mass is 32.2. The van der Waals surface area contributed by atoms with Gasteiger partial charge in [-0.2, -0.15) is 0 Å². The Morgan fingerprint density at radius 2 is 2.15 bits per heavy atom. The van der Waals surface area contributed by atoms with Crippen LogP contribution in [-0.4, -0.2) is 26.8 Å². The van der Waals surface area contributed by atoms with E-state index in [9.17, 15) is 4.79 Å². The Hall–Kier alpha value is -2.65. The minimum atomic E-state index is -0.127. The Morgan fingerprint density at radius 3 is 3.04 bits per heavy atom. The minimum Gasteiger partial charge on any atom is -0.493 e.